The molecule has 0 spiro atoms. The molecular weight excluding hydrogens is 457 g/mol. The molecule has 4 rings (SSSR count). The van der Waals surface area contributed by atoms with Crippen molar-refractivity contribution in [3.63, 3.8) is 0 Å². The van der Waals surface area contributed by atoms with Crippen LogP contribution in [0, 0.1) is 13.8 Å². The quantitative estimate of drug-likeness (QED) is 0.510. The van der Waals surface area contributed by atoms with Gasteiger partial charge in [0, 0.05) is 37.4 Å². The Kier molecular flexibility index (Phi) is 6.91. The molecule has 0 radical (unpaired) electrons. The summed E-state index contributed by atoms with van der Waals surface area (Å²) in [5.41, 5.74) is 4.61. The molecule has 1 aliphatic rings. The topological polar surface area (TPSA) is 52.7 Å². The summed E-state index contributed by atoms with van der Waals surface area (Å²) in [6, 6.07) is 18.4. The van der Waals surface area contributed by atoms with E-state index in [1.807, 2.05) is 61.2 Å². The van der Waals surface area contributed by atoms with Gasteiger partial charge in [0.05, 0.1) is 21.3 Å². The lowest BCUT2D eigenvalue weighted by atomic mass is 10.1. The highest BCUT2D eigenvalue weighted by molar-refractivity contribution is 6.35. The molecule has 1 saturated heterocycles. The highest BCUT2D eigenvalue weighted by Crippen LogP contribution is 2.30. The summed E-state index contributed by atoms with van der Waals surface area (Å²) in [4.78, 5) is 29.5. The molecule has 5 nitrogen and oxygen atoms in total. The third kappa shape index (κ3) is 5.15. The van der Waals surface area contributed by atoms with Crippen molar-refractivity contribution in [2.24, 2.45) is 0 Å². The van der Waals surface area contributed by atoms with E-state index in [0.717, 1.165) is 22.4 Å². The Balaban J connectivity index is 1.40. The number of nitrogens with zero attached hydrogens (tertiary/aromatic N) is 2. The molecule has 0 bridgehead atoms. The van der Waals surface area contributed by atoms with E-state index in [0.29, 0.717) is 47.5 Å². The normalized spacial score (nSPS) is 13.7. The van der Waals surface area contributed by atoms with E-state index in [1.54, 1.807) is 18.2 Å². The van der Waals surface area contributed by atoms with Crippen LogP contribution >= 0.6 is 23.2 Å². The maximum absolute atomic E-state index is 12.9. The van der Waals surface area contributed by atoms with Gasteiger partial charge in [-0.1, -0.05) is 47.5 Å². The second-order valence-corrected chi connectivity index (χ2v) is 9.01. The molecule has 0 unspecified atom stereocenters. The Hall–Kier alpha value is -3.02. The molecule has 1 N–H and O–H groups in total. The smallest absolute Gasteiger partial charge is 0.257 e. The van der Waals surface area contributed by atoms with Crippen molar-refractivity contribution < 1.29 is 9.59 Å². The fraction of sp³-hybridized carbons (Fsp3) is 0.231. The predicted octanol–water partition coefficient (Wildman–Crippen LogP) is 5.82. The SMILES string of the molecule is Cc1ccc(C(=O)Nc2ccc(N3CCN(C(=O)c4ccccc4C)CC3)c(Cl)c2)c(Cl)c1. The van der Waals surface area contributed by atoms with Crippen molar-refractivity contribution in [2.75, 3.05) is 36.4 Å². The molecule has 0 atom stereocenters. The fourth-order valence-electron chi connectivity index (χ4n) is 3.98. The van der Waals surface area contributed by atoms with Gasteiger partial charge in [-0.15, -0.1) is 0 Å². The van der Waals surface area contributed by atoms with Crippen molar-refractivity contribution in [1.82, 2.24) is 4.90 Å². The van der Waals surface area contributed by atoms with Crippen LogP contribution in [0.15, 0.2) is 60.7 Å². The summed E-state index contributed by atoms with van der Waals surface area (Å²) >= 11 is 12.8. The standard InChI is InChI=1S/C26H25Cl2N3O2/c1-17-7-9-21(22(27)15-17)25(32)29-19-8-10-24(23(28)16-19)30-11-13-31(14-12-30)26(33)20-6-4-3-5-18(20)2/h3-10,15-16H,11-14H2,1-2H3,(H,29,32). The third-order valence-electron chi connectivity index (χ3n) is 5.86. The summed E-state index contributed by atoms with van der Waals surface area (Å²) in [5.74, 6) is -0.223. The van der Waals surface area contributed by atoms with Crippen molar-refractivity contribution in [1.29, 1.82) is 0 Å². The Morgan fingerprint density at radius 1 is 0.818 bits per heavy atom. The summed E-state index contributed by atoms with van der Waals surface area (Å²) in [5, 5.41) is 3.81. The van der Waals surface area contributed by atoms with Gasteiger partial charge in [0.2, 0.25) is 0 Å². The minimum atomic E-state index is -0.285. The highest BCUT2D eigenvalue weighted by atomic mass is 35.5. The van der Waals surface area contributed by atoms with E-state index in [1.165, 1.54) is 0 Å². The van der Waals surface area contributed by atoms with Gasteiger partial charge < -0.3 is 15.1 Å². The van der Waals surface area contributed by atoms with Crippen molar-refractivity contribution in [3.8, 4) is 0 Å². The van der Waals surface area contributed by atoms with Crippen LogP contribution in [0.1, 0.15) is 31.8 Å². The summed E-state index contributed by atoms with van der Waals surface area (Å²) < 4.78 is 0. The van der Waals surface area contributed by atoms with Crippen molar-refractivity contribution in [2.45, 2.75) is 13.8 Å². The summed E-state index contributed by atoms with van der Waals surface area (Å²) in [7, 11) is 0. The van der Waals surface area contributed by atoms with E-state index in [4.69, 9.17) is 23.2 Å². The maximum atomic E-state index is 12.9. The second kappa shape index (κ2) is 9.86. The van der Waals surface area contributed by atoms with E-state index >= 15 is 0 Å². The van der Waals surface area contributed by atoms with E-state index in [-0.39, 0.29) is 11.8 Å². The fourth-order valence-corrected chi connectivity index (χ4v) is 4.60. The Morgan fingerprint density at radius 2 is 1.55 bits per heavy atom. The van der Waals surface area contributed by atoms with Crippen LogP contribution in [0.5, 0.6) is 0 Å². The lowest BCUT2D eigenvalue weighted by Crippen LogP contribution is -2.49. The van der Waals surface area contributed by atoms with Gasteiger partial charge >= 0.3 is 0 Å². The van der Waals surface area contributed by atoms with E-state index in [9.17, 15) is 9.59 Å². The first-order valence-corrected chi connectivity index (χ1v) is 11.6. The van der Waals surface area contributed by atoms with Gasteiger partial charge in [-0.25, -0.2) is 0 Å². The Bertz CT molecular complexity index is 1200. The second-order valence-electron chi connectivity index (χ2n) is 8.20. The zero-order valence-electron chi connectivity index (χ0n) is 18.6. The predicted molar refractivity (Wildman–Crippen MR) is 135 cm³/mol. The minimum absolute atomic E-state index is 0.0617. The molecule has 170 valence electrons. The van der Waals surface area contributed by atoms with Crippen LogP contribution in [0.2, 0.25) is 10.0 Å². The number of carbonyl (C=O) groups excluding carboxylic acids is 2. The van der Waals surface area contributed by atoms with E-state index in [2.05, 4.69) is 10.2 Å². The maximum Gasteiger partial charge on any atom is 0.257 e. The minimum Gasteiger partial charge on any atom is -0.367 e. The van der Waals surface area contributed by atoms with Gasteiger partial charge in [0.15, 0.2) is 0 Å². The zero-order chi connectivity index (χ0) is 23.5. The van der Waals surface area contributed by atoms with Gasteiger partial charge in [0.1, 0.15) is 0 Å². The molecule has 0 aliphatic carbocycles. The van der Waals surface area contributed by atoms with Crippen LogP contribution in [0.3, 0.4) is 0 Å². The Labute approximate surface area is 203 Å². The number of anilines is 2. The van der Waals surface area contributed by atoms with Crippen LogP contribution in [0.25, 0.3) is 0 Å². The molecule has 0 aromatic heterocycles. The number of hydrogen-bond donors (Lipinski definition) is 1. The zero-order valence-corrected chi connectivity index (χ0v) is 20.1. The molecule has 1 fully saturated rings. The molecule has 1 aliphatic heterocycles. The number of aryl methyl sites for hydroxylation is 2. The monoisotopic (exact) mass is 481 g/mol. The molecule has 3 aromatic rings. The van der Waals surface area contributed by atoms with Crippen LogP contribution in [-0.4, -0.2) is 42.9 Å². The first-order valence-electron chi connectivity index (χ1n) is 10.8. The molecule has 1 heterocycles. The highest BCUT2D eigenvalue weighted by Gasteiger charge is 2.24. The molecule has 2 amide bonds. The number of benzene rings is 3. The summed E-state index contributed by atoms with van der Waals surface area (Å²) in [6.45, 7) is 6.48. The number of piperazine rings is 1. The molecule has 33 heavy (non-hydrogen) atoms. The van der Waals surface area contributed by atoms with Crippen molar-refractivity contribution in [3.05, 3.63) is 93.0 Å². The third-order valence-corrected chi connectivity index (χ3v) is 6.47. The number of halogens is 2. The number of carbonyl (C=O) groups is 2. The molecular formula is C26H25Cl2N3O2. The number of amides is 2. The van der Waals surface area contributed by atoms with Gasteiger partial charge in [0.25, 0.3) is 11.8 Å². The van der Waals surface area contributed by atoms with Gasteiger partial charge in [-0.3, -0.25) is 9.59 Å². The van der Waals surface area contributed by atoms with E-state index < -0.39 is 0 Å². The molecule has 7 heteroatoms. The molecule has 0 saturated carbocycles. The van der Waals surface area contributed by atoms with Crippen molar-refractivity contribution >= 4 is 46.4 Å². The molecule has 3 aromatic carbocycles. The summed E-state index contributed by atoms with van der Waals surface area (Å²) in [6.07, 6.45) is 0. The van der Waals surface area contributed by atoms with Gasteiger partial charge in [-0.2, -0.15) is 0 Å². The number of rotatable bonds is 4. The van der Waals surface area contributed by atoms with Gasteiger partial charge in [-0.05, 0) is 61.4 Å². The lowest BCUT2D eigenvalue weighted by Gasteiger charge is -2.36. The number of hydrogen-bond acceptors (Lipinski definition) is 3. The first-order chi connectivity index (χ1) is 15.8. The van der Waals surface area contributed by atoms with Crippen LogP contribution < -0.4 is 10.2 Å². The number of nitrogens with one attached hydrogen (secondary N) is 1. The first kappa shape index (κ1) is 23.1. The Morgan fingerprint density at radius 3 is 2.21 bits per heavy atom. The van der Waals surface area contributed by atoms with Crippen LogP contribution in [0.4, 0.5) is 11.4 Å². The average Bonchev–Trinajstić information content (AvgIpc) is 2.79. The largest absolute Gasteiger partial charge is 0.367 e. The van der Waals surface area contributed by atoms with Crippen LogP contribution in [-0.2, 0) is 0 Å². The lowest BCUT2D eigenvalue weighted by molar-refractivity contribution is 0.0746. The average molecular weight is 482 g/mol.